The van der Waals surface area contributed by atoms with Crippen LogP contribution in [0.4, 0.5) is 19.3 Å². The van der Waals surface area contributed by atoms with Gasteiger partial charge in [-0.2, -0.15) is 0 Å². The van der Waals surface area contributed by atoms with Gasteiger partial charge in [0.15, 0.2) is 11.6 Å². The SMILES string of the molecule is CCCCCCCCCCCCCCCCN1CCC(CN(C(=O)O)[C@H]2CCOc3c(C(=O)Nc4ccc(F)c(F)c4)cccc32)C1. The van der Waals surface area contributed by atoms with Crippen LogP contribution in [0.25, 0.3) is 0 Å². The number of anilines is 1. The van der Waals surface area contributed by atoms with Crippen LogP contribution in [-0.2, 0) is 0 Å². The number of halogens is 2. The monoisotopic (exact) mass is 655 g/mol. The third-order valence-corrected chi connectivity index (χ3v) is 9.74. The maximum absolute atomic E-state index is 13.7. The number of nitrogens with zero attached hydrogens (tertiary/aromatic N) is 2. The highest BCUT2D eigenvalue weighted by Gasteiger charge is 2.35. The zero-order chi connectivity index (χ0) is 33.4. The highest BCUT2D eigenvalue weighted by Crippen LogP contribution is 2.39. The lowest BCUT2D eigenvalue weighted by Crippen LogP contribution is -2.40. The summed E-state index contributed by atoms with van der Waals surface area (Å²) in [6, 6.07) is 7.82. The number of unbranched alkanes of at least 4 members (excludes halogenated alkanes) is 13. The Morgan fingerprint density at radius 3 is 2.19 bits per heavy atom. The third kappa shape index (κ3) is 11.5. The Morgan fingerprint density at radius 2 is 1.55 bits per heavy atom. The molecule has 0 aromatic heterocycles. The predicted octanol–water partition coefficient (Wildman–Crippen LogP) is 9.82. The molecule has 0 aliphatic carbocycles. The number of benzene rings is 2. The van der Waals surface area contributed by atoms with Crippen molar-refractivity contribution in [3.05, 3.63) is 59.2 Å². The van der Waals surface area contributed by atoms with Crippen LogP contribution in [0, 0.1) is 17.6 Å². The van der Waals surface area contributed by atoms with Crippen LogP contribution in [0.1, 0.15) is 132 Å². The minimum Gasteiger partial charge on any atom is -0.492 e. The van der Waals surface area contributed by atoms with Gasteiger partial charge in [0, 0.05) is 36.8 Å². The van der Waals surface area contributed by atoms with Gasteiger partial charge in [-0.15, -0.1) is 0 Å². The Hall–Kier alpha value is -3.20. The van der Waals surface area contributed by atoms with Gasteiger partial charge in [-0.05, 0) is 50.0 Å². The van der Waals surface area contributed by atoms with Gasteiger partial charge in [-0.3, -0.25) is 4.79 Å². The van der Waals surface area contributed by atoms with Crippen molar-refractivity contribution in [2.24, 2.45) is 5.92 Å². The lowest BCUT2D eigenvalue weighted by atomic mass is 9.95. The normalized spacial score (nSPS) is 17.7. The van der Waals surface area contributed by atoms with Gasteiger partial charge >= 0.3 is 6.09 Å². The molecule has 2 aliphatic heterocycles. The van der Waals surface area contributed by atoms with Crippen LogP contribution in [0.3, 0.4) is 0 Å². The van der Waals surface area contributed by atoms with E-state index in [9.17, 15) is 23.5 Å². The molecular weight excluding hydrogens is 600 g/mol. The topological polar surface area (TPSA) is 82.1 Å². The maximum Gasteiger partial charge on any atom is 0.407 e. The van der Waals surface area contributed by atoms with Crippen molar-refractivity contribution in [3.8, 4) is 5.75 Å². The third-order valence-electron chi connectivity index (χ3n) is 9.74. The number of rotatable bonds is 20. The van der Waals surface area contributed by atoms with Crippen molar-refractivity contribution < 1.29 is 28.2 Å². The fourth-order valence-corrected chi connectivity index (χ4v) is 7.09. The van der Waals surface area contributed by atoms with Crippen molar-refractivity contribution in [1.82, 2.24) is 9.80 Å². The number of hydrogen-bond acceptors (Lipinski definition) is 4. The number of amides is 2. The van der Waals surface area contributed by atoms with Gasteiger partial charge in [-0.1, -0.05) is 103 Å². The van der Waals surface area contributed by atoms with E-state index < -0.39 is 29.7 Å². The highest BCUT2D eigenvalue weighted by molar-refractivity contribution is 6.06. The van der Waals surface area contributed by atoms with Gasteiger partial charge in [0.25, 0.3) is 5.91 Å². The number of fused-ring (bicyclic) bond motifs is 1. The van der Waals surface area contributed by atoms with Crippen molar-refractivity contribution in [2.45, 2.75) is 116 Å². The number of carboxylic acid groups (broad SMARTS) is 1. The summed E-state index contributed by atoms with van der Waals surface area (Å²) in [5.41, 5.74) is 0.988. The average molecular weight is 656 g/mol. The van der Waals surface area contributed by atoms with Crippen molar-refractivity contribution in [2.75, 3.05) is 38.1 Å². The number of hydrogen-bond donors (Lipinski definition) is 2. The minimum absolute atomic E-state index is 0.117. The summed E-state index contributed by atoms with van der Waals surface area (Å²) in [7, 11) is 0. The van der Waals surface area contributed by atoms with Crippen molar-refractivity contribution in [3.63, 3.8) is 0 Å². The molecule has 0 spiro atoms. The fourth-order valence-electron chi connectivity index (χ4n) is 7.09. The zero-order valence-corrected chi connectivity index (χ0v) is 28.3. The number of likely N-dealkylation sites (tertiary alicyclic amines) is 1. The Kier molecular flexibility index (Phi) is 15.3. The summed E-state index contributed by atoms with van der Waals surface area (Å²) in [6.45, 7) is 5.93. The largest absolute Gasteiger partial charge is 0.492 e. The van der Waals surface area contributed by atoms with E-state index >= 15 is 0 Å². The van der Waals surface area contributed by atoms with Crippen molar-refractivity contribution in [1.29, 1.82) is 0 Å². The first kappa shape index (κ1) is 36.6. The van der Waals surface area contributed by atoms with Gasteiger partial charge < -0.3 is 25.0 Å². The molecule has 2 heterocycles. The summed E-state index contributed by atoms with van der Waals surface area (Å²) >= 11 is 0. The second kappa shape index (κ2) is 19.6. The van der Waals surface area contributed by atoms with Crippen LogP contribution >= 0.6 is 0 Å². The number of carbonyl (C=O) groups is 2. The number of ether oxygens (including phenoxy) is 1. The standard InChI is InChI=1S/C38H55F2N3O4/c1-2-3-4-5-6-7-8-9-10-11-12-13-14-15-23-42-24-21-29(27-42)28-43(38(45)46)35-22-25-47-36-31(35)17-16-18-32(36)37(44)41-30-19-20-33(39)34(40)26-30/h16-20,26,29,35H,2-15,21-25,27-28H2,1H3,(H,41,44)(H,45,46)/t29?,35-/m0/s1. The minimum atomic E-state index is -1.06. The zero-order valence-electron chi connectivity index (χ0n) is 28.3. The first-order valence-electron chi connectivity index (χ1n) is 18.1. The van der Waals surface area contributed by atoms with E-state index in [0.29, 0.717) is 24.3 Å². The molecule has 7 nitrogen and oxygen atoms in total. The molecule has 260 valence electrons. The quantitative estimate of drug-likeness (QED) is 0.139. The summed E-state index contributed by atoms with van der Waals surface area (Å²) in [4.78, 5) is 29.6. The maximum atomic E-state index is 13.7. The lowest BCUT2D eigenvalue weighted by molar-refractivity contribution is 0.0948. The van der Waals surface area contributed by atoms with Crippen LogP contribution in [0.2, 0.25) is 0 Å². The molecule has 47 heavy (non-hydrogen) atoms. The molecule has 0 bridgehead atoms. The van der Waals surface area contributed by atoms with Crippen LogP contribution in [0.15, 0.2) is 36.4 Å². The molecule has 2 N–H and O–H groups in total. The Morgan fingerprint density at radius 1 is 0.894 bits per heavy atom. The van der Waals surface area contributed by atoms with Gasteiger partial charge in [0.05, 0.1) is 18.2 Å². The first-order valence-corrected chi connectivity index (χ1v) is 18.1. The molecule has 1 unspecified atom stereocenters. The summed E-state index contributed by atoms with van der Waals surface area (Å²) in [5.74, 6) is -2.01. The van der Waals surface area contributed by atoms with Crippen LogP contribution in [-0.4, -0.2) is 59.7 Å². The molecule has 1 fully saturated rings. The molecule has 2 amide bonds. The van der Waals surface area contributed by atoms with Gasteiger partial charge in [0.2, 0.25) is 0 Å². The molecule has 2 aromatic carbocycles. The van der Waals surface area contributed by atoms with E-state index in [0.717, 1.165) is 38.2 Å². The average Bonchev–Trinajstić information content (AvgIpc) is 3.52. The van der Waals surface area contributed by atoms with E-state index in [4.69, 9.17) is 4.74 Å². The summed E-state index contributed by atoms with van der Waals surface area (Å²) in [5, 5.41) is 12.9. The van der Waals surface area contributed by atoms with Crippen molar-refractivity contribution >= 4 is 17.7 Å². The van der Waals surface area contributed by atoms with E-state index in [1.54, 1.807) is 18.2 Å². The highest BCUT2D eigenvalue weighted by atomic mass is 19.2. The molecule has 9 heteroatoms. The molecule has 4 rings (SSSR count). The van der Waals surface area contributed by atoms with E-state index in [1.807, 2.05) is 0 Å². The Labute approximate surface area is 280 Å². The lowest BCUT2D eigenvalue weighted by Gasteiger charge is -2.36. The first-order chi connectivity index (χ1) is 22.9. The number of para-hydroxylation sites is 1. The van der Waals surface area contributed by atoms with E-state index in [-0.39, 0.29) is 23.8 Å². The smallest absolute Gasteiger partial charge is 0.407 e. The predicted molar refractivity (Wildman–Crippen MR) is 183 cm³/mol. The molecule has 2 aromatic rings. The van der Waals surface area contributed by atoms with Crippen LogP contribution in [0.5, 0.6) is 5.75 Å². The van der Waals surface area contributed by atoms with Gasteiger partial charge in [0.1, 0.15) is 5.75 Å². The molecular formula is C38H55F2N3O4. The second-order valence-corrected chi connectivity index (χ2v) is 13.4. The van der Waals surface area contributed by atoms with E-state index in [2.05, 4.69) is 17.1 Å². The second-order valence-electron chi connectivity index (χ2n) is 13.4. The van der Waals surface area contributed by atoms with E-state index in [1.165, 1.54) is 101 Å². The molecule has 2 aliphatic rings. The van der Waals surface area contributed by atoms with Gasteiger partial charge in [-0.25, -0.2) is 13.6 Å². The van der Waals surface area contributed by atoms with Crippen LogP contribution < -0.4 is 10.1 Å². The molecule has 0 saturated carbocycles. The number of carbonyl (C=O) groups excluding carboxylic acids is 1. The Bertz CT molecular complexity index is 1280. The number of nitrogens with one attached hydrogen (secondary N) is 1. The summed E-state index contributed by atoms with van der Waals surface area (Å²) < 4.78 is 32.9. The fraction of sp³-hybridized carbons (Fsp3) is 0.632. The molecule has 1 saturated heterocycles. The molecule has 0 radical (unpaired) electrons. The molecule has 2 atom stereocenters. The Balaban J connectivity index is 1.19. The summed E-state index contributed by atoms with van der Waals surface area (Å²) in [6.07, 6.45) is 19.3.